The summed E-state index contributed by atoms with van der Waals surface area (Å²) in [7, 11) is 0. The van der Waals surface area contributed by atoms with Gasteiger partial charge in [0.25, 0.3) is 0 Å². The van der Waals surface area contributed by atoms with Crippen LogP contribution in [0.25, 0.3) is 11.3 Å². The van der Waals surface area contributed by atoms with Gasteiger partial charge < -0.3 is 14.4 Å². The monoisotopic (exact) mass is 371 g/mol. The third-order valence-corrected chi connectivity index (χ3v) is 5.16. The van der Waals surface area contributed by atoms with Crippen molar-refractivity contribution < 1.29 is 24.3 Å². The smallest absolute Gasteiger partial charge is 0.434 e. The van der Waals surface area contributed by atoms with Gasteiger partial charge in [0.15, 0.2) is 5.69 Å². The molecule has 2 fully saturated rings. The van der Waals surface area contributed by atoms with Gasteiger partial charge in [-0.3, -0.25) is 0 Å². The largest absolute Gasteiger partial charge is 0.463 e. The van der Waals surface area contributed by atoms with E-state index in [1.807, 2.05) is 34.9 Å². The fourth-order valence-electron chi connectivity index (χ4n) is 3.97. The van der Waals surface area contributed by atoms with Gasteiger partial charge in [-0.15, -0.1) is 5.06 Å². The number of hydroxylamine groups is 2. The van der Waals surface area contributed by atoms with Crippen molar-refractivity contribution in [3.8, 4) is 11.3 Å². The maximum atomic E-state index is 12.5. The first-order chi connectivity index (χ1) is 13.1. The van der Waals surface area contributed by atoms with E-state index in [0.717, 1.165) is 29.9 Å². The van der Waals surface area contributed by atoms with Crippen LogP contribution in [0.2, 0.25) is 0 Å². The minimum absolute atomic E-state index is 0.228. The molecule has 142 valence electrons. The molecule has 1 aliphatic heterocycles. The maximum absolute atomic E-state index is 12.5. The van der Waals surface area contributed by atoms with E-state index in [1.54, 1.807) is 13.3 Å². The van der Waals surface area contributed by atoms with E-state index in [0.29, 0.717) is 12.1 Å². The van der Waals surface area contributed by atoms with Crippen LogP contribution in [0.4, 0.5) is 4.79 Å². The Morgan fingerprint density at radius 3 is 2.78 bits per heavy atom. The Labute approximate surface area is 156 Å². The van der Waals surface area contributed by atoms with Gasteiger partial charge >= 0.3 is 12.1 Å². The van der Waals surface area contributed by atoms with E-state index in [9.17, 15) is 14.7 Å². The van der Waals surface area contributed by atoms with E-state index in [4.69, 9.17) is 9.57 Å². The molecule has 8 nitrogen and oxygen atoms in total. The molecule has 1 N–H and O–H groups in total. The van der Waals surface area contributed by atoms with Crippen molar-refractivity contribution in [2.75, 3.05) is 6.61 Å². The molecule has 2 aliphatic rings. The maximum Gasteiger partial charge on any atom is 0.434 e. The van der Waals surface area contributed by atoms with Gasteiger partial charge in [-0.25, -0.2) is 19.4 Å². The van der Waals surface area contributed by atoms with Crippen molar-refractivity contribution in [2.45, 2.75) is 44.4 Å². The molecule has 4 rings (SSSR count). The summed E-state index contributed by atoms with van der Waals surface area (Å²) in [6, 6.07) is 9.20. The fraction of sp³-hybridized carbons (Fsp3) is 0.421. The number of carbonyl (C=O) groups excluding carboxylic acids is 1. The number of carboxylic acid groups (broad SMARTS) is 1. The number of carbonyl (C=O) groups is 2. The van der Waals surface area contributed by atoms with Gasteiger partial charge in [0.1, 0.15) is 0 Å². The number of imidazole rings is 1. The first-order valence-electron chi connectivity index (χ1n) is 9.10. The van der Waals surface area contributed by atoms with E-state index in [1.165, 1.54) is 0 Å². The van der Waals surface area contributed by atoms with E-state index >= 15 is 0 Å². The number of esters is 1. The van der Waals surface area contributed by atoms with Crippen molar-refractivity contribution in [2.24, 2.45) is 0 Å². The minimum atomic E-state index is -1.10. The average Bonchev–Trinajstić information content (AvgIpc) is 3.21. The molecule has 2 aromatic rings. The van der Waals surface area contributed by atoms with Crippen LogP contribution in [0.1, 0.15) is 49.1 Å². The van der Waals surface area contributed by atoms with Crippen LogP contribution in [0.15, 0.2) is 36.7 Å². The summed E-state index contributed by atoms with van der Waals surface area (Å²) in [5.74, 6) is -0.494. The zero-order valence-electron chi connectivity index (χ0n) is 15.0. The summed E-state index contributed by atoms with van der Waals surface area (Å²) in [5.41, 5.74) is 0.786. The Balaban J connectivity index is 1.81. The minimum Gasteiger partial charge on any atom is -0.463 e. The lowest BCUT2D eigenvalue weighted by atomic mass is 9.87. The van der Waals surface area contributed by atoms with Crippen molar-refractivity contribution in [1.82, 2.24) is 14.6 Å². The molecule has 2 atom stereocenters. The highest BCUT2D eigenvalue weighted by Crippen LogP contribution is 2.53. The standard InChI is InChI=1S/C19H21N3O5/c1-2-26-17(23)15-16(13-8-4-3-5-9-13)21(12-20-15)14-10-6-7-11-19(14)22(27-19)18(24)25/h3-5,8-9,12,14H,2,6-7,10-11H2,1H3,(H,24,25). The molecule has 1 aliphatic carbocycles. The number of aromatic nitrogens is 2. The Morgan fingerprint density at radius 1 is 1.33 bits per heavy atom. The zero-order valence-corrected chi connectivity index (χ0v) is 15.0. The summed E-state index contributed by atoms with van der Waals surface area (Å²) in [4.78, 5) is 33.8. The van der Waals surface area contributed by atoms with Crippen LogP contribution < -0.4 is 0 Å². The fourth-order valence-corrected chi connectivity index (χ4v) is 3.97. The van der Waals surface area contributed by atoms with Crippen molar-refractivity contribution in [3.05, 3.63) is 42.4 Å². The van der Waals surface area contributed by atoms with Gasteiger partial charge in [-0.05, 0) is 19.8 Å². The second kappa shape index (κ2) is 6.70. The second-order valence-electron chi connectivity index (χ2n) is 6.71. The van der Waals surface area contributed by atoms with Crippen LogP contribution in [-0.2, 0) is 9.57 Å². The topological polar surface area (TPSA) is 97.0 Å². The molecule has 1 amide bonds. The van der Waals surface area contributed by atoms with Gasteiger partial charge in [0, 0.05) is 12.0 Å². The third kappa shape index (κ3) is 2.86. The summed E-state index contributed by atoms with van der Waals surface area (Å²) < 4.78 is 7.05. The second-order valence-corrected chi connectivity index (χ2v) is 6.71. The first kappa shape index (κ1) is 17.5. The van der Waals surface area contributed by atoms with E-state index < -0.39 is 17.8 Å². The quantitative estimate of drug-likeness (QED) is 0.653. The lowest BCUT2D eigenvalue weighted by Crippen LogP contribution is -2.36. The van der Waals surface area contributed by atoms with E-state index in [2.05, 4.69) is 4.98 Å². The highest BCUT2D eigenvalue weighted by molar-refractivity contribution is 5.94. The Bertz CT molecular complexity index is 865. The Morgan fingerprint density at radius 2 is 2.11 bits per heavy atom. The number of benzene rings is 1. The van der Waals surface area contributed by atoms with Crippen LogP contribution in [-0.4, -0.2) is 44.1 Å². The molecule has 2 heterocycles. The molecule has 0 radical (unpaired) electrons. The Kier molecular flexibility index (Phi) is 4.35. The summed E-state index contributed by atoms with van der Waals surface area (Å²) in [5, 5.41) is 10.4. The number of ether oxygens (including phenoxy) is 1. The molecule has 8 heteroatoms. The molecule has 1 spiro atoms. The molecule has 1 aromatic heterocycles. The van der Waals surface area contributed by atoms with Crippen molar-refractivity contribution >= 4 is 12.1 Å². The number of nitrogens with zero attached hydrogens (tertiary/aromatic N) is 3. The van der Waals surface area contributed by atoms with Crippen molar-refractivity contribution in [1.29, 1.82) is 0 Å². The number of rotatable bonds is 4. The highest BCUT2D eigenvalue weighted by Gasteiger charge is 2.65. The molecule has 1 saturated heterocycles. The highest BCUT2D eigenvalue weighted by atomic mass is 16.9. The SMILES string of the molecule is CCOC(=O)c1ncn(C2CCCCC23ON3C(=O)O)c1-c1ccccc1. The zero-order chi connectivity index (χ0) is 19.0. The molecular formula is C19H21N3O5. The van der Waals surface area contributed by atoms with Crippen LogP contribution in [0, 0.1) is 0 Å². The van der Waals surface area contributed by atoms with Crippen LogP contribution in [0.3, 0.4) is 0 Å². The summed E-state index contributed by atoms with van der Waals surface area (Å²) in [6.07, 6.45) is 3.68. The Hall–Kier alpha value is -2.87. The lowest BCUT2D eigenvalue weighted by molar-refractivity contribution is 0.0520. The normalized spacial score (nSPS) is 24.0. The van der Waals surface area contributed by atoms with Crippen molar-refractivity contribution in [3.63, 3.8) is 0 Å². The number of amides is 1. The first-order valence-corrected chi connectivity index (χ1v) is 9.10. The lowest BCUT2D eigenvalue weighted by Gasteiger charge is -2.30. The van der Waals surface area contributed by atoms with Gasteiger partial charge in [-0.1, -0.05) is 36.8 Å². The van der Waals surface area contributed by atoms with Gasteiger partial charge in [0.05, 0.1) is 24.7 Å². The average molecular weight is 371 g/mol. The van der Waals surface area contributed by atoms with E-state index in [-0.39, 0.29) is 18.3 Å². The molecule has 1 saturated carbocycles. The molecule has 0 bridgehead atoms. The van der Waals surface area contributed by atoms with Gasteiger partial charge in [0.2, 0.25) is 5.72 Å². The molecule has 2 unspecified atom stereocenters. The predicted molar refractivity (Wildman–Crippen MR) is 94.8 cm³/mol. The van der Waals surface area contributed by atoms with Gasteiger partial charge in [-0.2, -0.15) is 0 Å². The molecular weight excluding hydrogens is 350 g/mol. The molecule has 27 heavy (non-hydrogen) atoms. The number of hydrogen-bond acceptors (Lipinski definition) is 5. The number of hydrogen-bond donors (Lipinski definition) is 1. The van der Waals surface area contributed by atoms with Crippen LogP contribution >= 0.6 is 0 Å². The predicted octanol–water partition coefficient (Wildman–Crippen LogP) is 3.46. The third-order valence-electron chi connectivity index (χ3n) is 5.16. The molecule has 1 aromatic carbocycles. The summed E-state index contributed by atoms with van der Waals surface area (Å²) in [6.45, 7) is 2.00. The van der Waals surface area contributed by atoms with Crippen LogP contribution in [0.5, 0.6) is 0 Å². The summed E-state index contributed by atoms with van der Waals surface area (Å²) >= 11 is 0.